The predicted octanol–water partition coefficient (Wildman–Crippen LogP) is 5.53. The van der Waals surface area contributed by atoms with Crippen LogP contribution in [0.15, 0.2) is 36.4 Å². The Hall–Kier alpha value is -1.94. The largest absolute Gasteiger partial charge is 0.494 e. The first-order valence-electron chi connectivity index (χ1n) is 8.30. The summed E-state index contributed by atoms with van der Waals surface area (Å²) in [6, 6.07) is 10.3. The summed E-state index contributed by atoms with van der Waals surface area (Å²) in [5, 5.41) is 0. The van der Waals surface area contributed by atoms with Gasteiger partial charge < -0.3 is 9.47 Å². The van der Waals surface area contributed by atoms with Crippen LogP contribution < -0.4 is 4.74 Å². The van der Waals surface area contributed by atoms with Crippen molar-refractivity contribution in [2.24, 2.45) is 0 Å². The second-order valence-corrected chi connectivity index (χ2v) is 5.84. The molecule has 24 heavy (non-hydrogen) atoms. The normalized spacial score (nSPS) is 10.8. The highest BCUT2D eigenvalue weighted by atomic mass is 19.2. The van der Waals surface area contributed by atoms with Gasteiger partial charge in [0.05, 0.1) is 6.61 Å². The number of methoxy groups -OCH3 is 1. The molecule has 0 aromatic heterocycles. The van der Waals surface area contributed by atoms with Crippen LogP contribution >= 0.6 is 0 Å². The van der Waals surface area contributed by atoms with Crippen molar-refractivity contribution < 1.29 is 18.3 Å². The first-order valence-corrected chi connectivity index (χ1v) is 8.30. The highest BCUT2D eigenvalue weighted by molar-refractivity contribution is 5.65. The molecule has 2 aromatic rings. The Kier molecular flexibility index (Phi) is 7.19. The van der Waals surface area contributed by atoms with E-state index >= 15 is 0 Å². The Balaban J connectivity index is 1.86. The molecule has 0 spiro atoms. The maximum Gasteiger partial charge on any atom is 0.166 e. The van der Waals surface area contributed by atoms with Crippen molar-refractivity contribution >= 4 is 0 Å². The van der Waals surface area contributed by atoms with E-state index in [-0.39, 0.29) is 5.56 Å². The molecule has 0 fully saturated rings. The zero-order valence-corrected chi connectivity index (χ0v) is 14.3. The first kappa shape index (κ1) is 18.4. The number of ether oxygens (including phenoxy) is 2. The molecule has 2 aromatic carbocycles. The van der Waals surface area contributed by atoms with Crippen molar-refractivity contribution in [1.82, 2.24) is 0 Å². The summed E-state index contributed by atoms with van der Waals surface area (Å²) in [5.41, 5.74) is 1.21. The van der Waals surface area contributed by atoms with Gasteiger partial charge in [-0.15, -0.1) is 0 Å². The Morgan fingerprint density at radius 1 is 0.792 bits per heavy atom. The molecule has 0 saturated carbocycles. The van der Waals surface area contributed by atoms with Crippen LogP contribution in [-0.4, -0.2) is 20.3 Å². The van der Waals surface area contributed by atoms with Gasteiger partial charge in [-0.05, 0) is 49.4 Å². The number of rotatable bonds is 9. The molecule has 0 aliphatic carbocycles. The monoisotopic (exact) mass is 334 g/mol. The third kappa shape index (κ3) is 5.03. The van der Waals surface area contributed by atoms with Crippen LogP contribution in [0.4, 0.5) is 8.78 Å². The predicted molar refractivity (Wildman–Crippen MR) is 92.4 cm³/mol. The van der Waals surface area contributed by atoms with Crippen molar-refractivity contribution in [3.05, 3.63) is 53.6 Å². The molecule has 2 rings (SSSR count). The summed E-state index contributed by atoms with van der Waals surface area (Å²) in [5.74, 6) is -0.857. The molecule has 0 bridgehead atoms. The molecule has 0 saturated heterocycles. The number of aryl methyl sites for hydroxylation is 1. The molecule has 4 heteroatoms. The van der Waals surface area contributed by atoms with Gasteiger partial charge in [0.25, 0.3) is 0 Å². The van der Waals surface area contributed by atoms with Gasteiger partial charge >= 0.3 is 0 Å². The Morgan fingerprint density at radius 2 is 1.46 bits per heavy atom. The van der Waals surface area contributed by atoms with Crippen LogP contribution in [-0.2, 0) is 4.74 Å². The number of hydrogen-bond acceptors (Lipinski definition) is 2. The molecule has 0 unspecified atom stereocenters. The molecule has 130 valence electrons. The maximum absolute atomic E-state index is 14.0. The van der Waals surface area contributed by atoms with E-state index in [0.717, 1.165) is 38.0 Å². The zero-order valence-electron chi connectivity index (χ0n) is 14.3. The number of hydrogen-bond donors (Lipinski definition) is 0. The third-order valence-corrected chi connectivity index (χ3v) is 3.95. The minimum atomic E-state index is -0.806. The van der Waals surface area contributed by atoms with Crippen molar-refractivity contribution in [1.29, 1.82) is 0 Å². The molecule has 0 radical (unpaired) electrons. The van der Waals surface area contributed by atoms with Gasteiger partial charge in [-0.3, -0.25) is 0 Å². The second kappa shape index (κ2) is 9.38. The van der Waals surface area contributed by atoms with Crippen molar-refractivity contribution in [2.75, 3.05) is 20.3 Å². The van der Waals surface area contributed by atoms with E-state index < -0.39 is 11.6 Å². The van der Waals surface area contributed by atoms with E-state index in [1.165, 1.54) is 0 Å². The van der Waals surface area contributed by atoms with E-state index in [1.807, 2.05) is 0 Å². The highest BCUT2D eigenvalue weighted by Gasteiger charge is 2.12. The van der Waals surface area contributed by atoms with Crippen LogP contribution in [0.2, 0.25) is 0 Å². The van der Waals surface area contributed by atoms with Crippen LogP contribution in [0.3, 0.4) is 0 Å². The fourth-order valence-corrected chi connectivity index (χ4v) is 2.49. The molecule has 0 amide bonds. The Bertz CT molecular complexity index is 639. The van der Waals surface area contributed by atoms with Crippen molar-refractivity contribution in [3.8, 4) is 16.9 Å². The molecule has 0 aliphatic rings. The molecule has 2 nitrogen and oxygen atoms in total. The van der Waals surface area contributed by atoms with Gasteiger partial charge in [0.2, 0.25) is 0 Å². The lowest BCUT2D eigenvalue weighted by Gasteiger charge is -2.09. The van der Waals surface area contributed by atoms with E-state index in [9.17, 15) is 8.78 Å². The summed E-state index contributed by atoms with van der Waals surface area (Å²) in [4.78, 5) is 0. The average molecular weight is 334 g/mol. The fourth-order valence-electron chi connectivity index (χ4n) is 2.49. The Labute approximate surface area is 142 Å². The molecule has 0 atom stereocenters. The SMILES string of the molecule is COCCCCCCOc1ccc(-c2ccc(C)c(F)c2F)cc1. The third-order valence-electron chi connectivity index (χ3n) is 3.95. The summed E-state index contributed by atoms with van der Waals surface area (Å²) in [6.45, 7) is 3.01. The summed E-state index contributed by atoms with van der Waals surface area (Å²) < 4.78 is 38.4. The van der Waals surface area contributed by atoms with E-state index in [4.69, 9.17) is 9.47 Å². The van der Waals surface area contributed by atoms with E-state index in [0.29, 0.717) is 17.7 Å². The lowest BCUT2D eigenvalue weighted by molar-refractivity contribution is 0.191. The maximum atomic E-state index is 14.0. The highest BCUT2D eigenvalue weighted by Crippen LogP contribution is 2.27. The van der Waals surface area contributed by atoms with Crippen molar-refractivity contribution in [2.45, 2.75) is 32.6 Å². The van der Waals surface area contributed by atoms with Gasteiger partial charge in [-0.2, -0.15) is 0 Å². The molecule has 0 N–H and O–H groups in total. The van der Waals surface area contributed by atoms with Gasteiger partial charge in [0.15, 0.2) is 11.6 Å². The number of unbranched alkanes of at least 4 members (excludes halogenated alkanes) is 3. The number of halogens is 2. The quantitative estimate of drug-likeness (QED) is 0.562. The molecule has 0 aliphatic heterocycles. The van der Waals surface area contributed by atoms with Gasteiger partial charge in [0.1, 0.15) is 5.75 Å². The molecular formula is C20H24F2O2. The smallest absolute Gasteiger partial charge is 0.166 e. The van der Waals surface area contributed by atoms with E-state index in [2.05, 4.69) is 0 Å². The average Bonchev–Trinajstić information content (AvgIpc) is 2.60. The van der Waals surface area contributed by atoms with Crippen LogP contribution in [0.5, 0.6) is 5.75 Å². The van der Waals surface area contributed by atoms with Crippen LogP contribution in [0.25, 0.3) is 11.1 Å². The van der Waals surface area contributed by atoms with Crippen LogP contribution in [0.1, 0.15) is 31.2 Å². The Morgan fingerprint density at radius 3 is 2.12 bits per heavy atom. The lowest BCUT2D eigenvalue weighted by Crippen LogP contribution is -1.98. The fraction of sp³-hybridized carbons (Fsp3) is 0.400. The standard InChI is InChI=1S/C20H24F2O2/c1-15-7-12-18(20(22)19(15)21)16-8-10-17(11-9-16)24-14-6-4-3-5-13-23-2/h7-12H,3-6,13-14H2,1-2H3. The van der Waals surface area contributed by atoms with Crippen molar-refractivity contribution in [3.63, 3.8) is 0 Å². The van der Waals surface area contributed by atoms with Gasteiger partial charge in [0, 0.05) is 19.3 Å². The summed E-state index contributed by atoms with van der Waals surface area (Å²) in [6.07, 6.45) is 4.30. The van der Waals surface area contributed by atoms with Gasteiger partial charge in [-0.1, -0.05) is 30.7 Å². The lowest BCUT2D eigenvalue weighted by atomic mass is 10.0. The first-order chi connectivity index (χ1) is 11.6. The molecule has 0 heterocycles. The molecular weight excluding hydrogens is 310 g/mol. The van der Waals surface area contributed by atoms with E-state index in [1.54, 1.807) is 50.4 Å². The zero-order chi connectivity index (χ0) is 17.4. The topological polar surface area (TPSA) is 18.5 Å². The second-order valence-electron chi connectivity index (χ2n) is 5.84. The van der Waals surface area contributed by atoms with Gasteiger partial charge in [-0.25, -0.2) is 8.78 Å². The summed E-state index contributed by atoms with van der Waals surface area (Å²) >= 11 is 0. The minimum Gasteiger partial charge on any atom is -0.494 e. The number of benzene rings is 2. The van der Waals surface area contributed by atoms with Crippen LogP contribution in [0, 0.1) is 18.6 Å². The minimum absolute atomic E-state index is 0.266. The summed E-state index contributed by atoms with van der Waals surface area (Å²) in [7, 11) is 1.71.